The van der Waals surface area contributed by atoms with E-state index < -0.39 is 10.0 Å². The quantitative estimate of drug-likeness (QED) is 0.800. The number of nitrogens with one attached hydrogen (secondary N) is 1. The van der Waals surface area contributed by atoms with E-state index in [1.807, 2.05) is 0 Å². The Bertz CT molecular complexity index is 357. The molecule has 5 heteroatoms. The Labute approximate surface area is 111 Å². The standard InChI is InChI=1S/C13H26N2O2S/c1-3-14-12-6-8-13(9-7-12)15(2)18(16,17)10-11-4-5-11/h11-14H,3-10H2,1-2H3. The SMILES string of the molecule is CCNC1CCC(N(C)S(=O)(=O)CC2CC2)CC1. The van der Waals surface area contributed by atoms with Gasteiger partial charge in [0.2, 0.25) is 10.0 Å². The summed E-state index contributed by atoms with van der Waals surface area (Å²) in [5.74, 6) is 0.812. The van der Waals surface area contributed by atoms with E-state index >= 15 is 0 Å². The third-order valence-electron chi connectivity index (χ3n) is 4.29. The molecule has 0 aliphatic heterocycles. The highest BCUT2D eigenvalue weighted by atomic mass is 32.2. The summed E-state index contributed by atoms with van der Waals surface area (Å²) in [6, 6.07) is 0.814. The molecule has 2 saturated carbocycles. The van der Waals surface area contributed by atoms with Gasteiger partial charge in [0.1, 0.15) is 0 Å². The number of hydrogen-bond donors (Lipinski definition) is 1. The van der Waals surface area contributed by atoms with Crippen LogP contribution >= 0.6 is 0 Å². The van der Waals surface area contributed by atoms with Crippen LogP contribution in [0.4, 0.5) is 0 Å². The van der Waals surface area contributed by atoms with Crippen molar-refractivity contribution in [2.75, 3.05) is 19.3 Å². The molecule has 106 valence electrons. The van der Waals surface area contributed by atoms with Crippen LogP contribution in [0.15, 0.2) is 0 Å². The summed E-state index contributed by atoms with van der Waals surface area (Å²) in [5, 5.41) is 3.46. The van der Waals surface area contributed by atoms with Crippen LogP contribution in [0.5, 0.6) is 0 Å². The van der Waals surface area contributed by atoms with Gasteiger partial charge in [-0.05, 0) is 51.0 Å². The van der Waals surface area contributed by atoms with E-state index in [2.05, 4.69) is 12.2 Å². The minimum Gasteiger partial charge on any atom is -0.314 e. The molecule has 0 bridgehead atoms. The minimum absolute atomic E-state index is 0.226. The van der Waals surface area contributed by atoms with Crippen molar-refractivity contribution in [3.63, 3.8) is 0 Å². The average molecular weight is 274 g/mol. The normalized spacial score (nSPS) is 29.7. The van der Waals surface area contributed by atoms with Gasteiger partial charge in [-0.25, -0.2) is 12.7 Å². The van der Waals surface area contributed by atoms with Crippen molar-refractivity contribution in [3.8, 4) is 0 Å². The molecule has 0 aromatic carbocycles. The second-order valence-electron chi connectivity index (χ2n) is 5.80. The maximum atomic E-state index is 12.2. The lowest BCUT2D eigenvalue weighted by molar-refractivity contribution is 0.251. The van der Waals surface area contributed by atoms with Crippen molar-refractivity contribution < 1.29 is 8.42 Å². The first-order valence-corrected chi connectivity index (χ1v) is 8.83. The van der Waals surface area contributed by atoms with Crippen molar-refractivity contribution in [3.05, 3.63) is 0 Å². The largest absolute Gasteiger partial charge is 0.314 e. The molecule has 0 spiro atoms. The lowest BCUT2D eigenvalue weighted by Gasteiger charge is -2.34. The van der Waals surface area contributed by atoms with E-state index in [4.69, 9.17) is 0 Å². The Morgan fingerprint density at radius 2 is 1.72 bits per heavy atom. The van der Waals surface area contributed by atoms with E-state index in [1.54, 1.807) is 11.4 Å². The zero-order valence-electron chi connectivity index (χ0n) is 11.6. The highest BCUT2D eigenvalue weighted by Gasteiger charge is 2.34. The first kappa shape index (κ1) is 14.3. The summed E-state index contributed by atoms with van der Waals surface area (Å²) in [7, 11) is -1.24. The van der Waals surface area contributed by atoms with Crippen LogP contribution in [0.3, 0.4) is 0 Å². The molecule has 0 aromatic rings. The fourth-order valence-corrected chi connectivity index (χ4v) is 4.69. The van der Waals surface area contributed by atoms with E-state index in [0.29, 0.717) is 17.7 Å². The molecule has 18 heavy (non-hydrogen) atoms. The molecule has 0 radical (unpaired) electrons. The Balaban J connectivity index is 1.84. The van der Waals surface area contributed by atoms with Crippen LogP contribution in [0.1, 0.15) is 45.4 Å². The molecular weight excluding hydrogens is 248 g/mol. The lowest BCUT2D eigenvalue weighted by Crippen LogP contribution is -2.44. The van der Waals surface area contributed by atoms with Gasteiger partial charge in [0, 0.05) is 19.1 Å². The smallest absolute Gasteiger partial charge is 0.214 e. The van der Waals surface area contributed by atoms with E-state index in [1.165, 1.54) is 0 Å². The van der Waals surface area contributed by atoms with Gasteiger partial charge in [0.05, 0.1) is 5.75 Å². The first-order chi connectivity index (χ1) is 8.53. The predicted octanol–water partition coefficient (Wildman–Crippen LogP) is 1.58. The fraction of sp³-hybridized carbons (Fsp3) is 1.00. The predicted molar refractivity (Wildman–Crippen MR) is 74.0 cm³/mol. The van der Waals surface area contributed by atoms with Crippen molar-refractivity contribution in [1.82, 2.24) is 9.62 Å². The summed E-state index contributed by atoms with van der Waals surface area (Å²) in [6.07, 6.45) is 6.39. The Morgan fingerprint density at radius 1 is 1.11 bits per heavy atom. The Hall–Kier alpha value is -0.130. The van der Waals surface area contributed by atoms with Gasteiger partial charge in [-0.3, -0.25) is 0 Å². The average Bonchev–Trinajstić information content (AvgIpc) is 3.13. The third kappa shape index (κ3) is 3.68. The maximum absolute atomic E-state index is 12.2. The topological polar surface area (TPSA) is 49.4 Å². The molecule has 0 aromatic heterocycles. The molecule has 0 unspecified atom stereocenters. The molecule has 2 fully saturated rings. The summed E-state index contributed by atoms with van der Waals surface area (Å²) in [6.45, 7) is 3.13. The van der Waals surface area contributed by atoms with Crippen molar-refractivity contribution in [2.24, 2.45) is 5.92 Å². The second-order valence-corrected chi connectivity index (χ2v) is 7.87. The summed E-state index contributed by atoms with van der Waals surface area (Å²) in [4.78, 5) is 0. The van der Waals surface area contributed by atoms with Gasteiger partial charge >= 0.3 is 0 Å². The zero-order chi connectivity index (χ0) is 13.2. The van der Waals surface area contributed by atoms with Crippen LogP contribution in [-0.4, -0.2) is 44.2 Å². The van der Waals surface area contributed by atoms with E-state index in [9.17, 15) is 8.42 Å². The van der Waals surface area contributed by atoms with Crippen molar-refractivity contribution in [1.29, 1.82) is 0 Å². The third-order valence-corrected chi connectivity index (χ3v) is 6.35. The van der Waals surface area contributed by atoms with Crippen LogP contribution in [0.2, 0.25) is 0 Å². The second kappa shape index (κ2) is 5.88. The van der Waals surface area contributed by atoms with Crippen LogP contribution in [-0.2, 0) is 10.0 Å². The number of rotatable bonds is 6. The number of nitrogens with zero attached hydrogens (tertiary/aromatic N) is 1. The zero-order valence-corrected chi connectivity index (χ0v) is 12.4. The number of sulfonamides is 1. The van der Waals surface area contributed by atoms with Gasteiger partial charge in [0.25, 0.3) is 0 Å². The lowest BCUT2D eigenvalue weighted by atomic mass is 9.91. The highest BCUT2D eigenvalue weighted by molar-refractivity contribution is 7.89. The van der Waals surface area contributed by atoms with Gasteiger partial charge in [-0.2, -0.15) is 0 Å². The summed E-state index contributed by atoms with van der Waals surface area (Å²) in [5.41, 5.74) is 0. The number of hydrogen-bond acceptors (Lipinski definition) is 3. The van der Waals surface area contributed by atoms with Gasteiger partial charge in [-0.15, -0.1) is 0 Å². The molecule has 0 amide bonds. The van der Waals surface area contributed by atoms with E-state index in [0.717, 1.165) is 45.1 Å². The first-order valence-electron chi connectivity index (χ1n) is 7.22. The highest BCUT2D eigenvalue weighted by Crippen LogP contribution is 2.32. The summed E-state index contributed by atoms with van der Waals surface area (Å²) >= 11 is 0. The monoisotopic (exact) mass is 274 g/mol. The molecule has 2 aliphatic carbocycles. The molecule has 0 heterocycles. The fourth-order valence-electron chi connectivity index (χ4n) is 2.86. The van der Waals surface area contributed by atoms with Crippen molar-refractivity contribution in [2.45, 2.75) is 57.5 Å². The van der Waals surface area contributed by atoms with Gasteiger partial charge in [0.15, 0.2) is 0 Å². The van der Waals surface area contributed by atoms with E-state index in [-0.39, 0.29) is 6.04 Å². The Kier molecular flexibility index (Phi) is 4.67. The summed E-state index contributed by atoms with van der Waals surface area (Å²) < 4.78 is 26.1. The van der Waals surface area contributed by atoms with Gasteiger partial charge in [-0.1, -0.05) is 6.92 Å². The van der Waals surface area contributed by atoms with Crippen LogP contribution in [0.25, 0.3) is 0 Å². The Morgan fingerprint density at radius 3 is 2.22 bits per heavy atom. The van der Waals surface area contributed by atoms with Crippen molar-refractivity contribution >= 4 is 10.0 Å². The van der Waals surface area contributed by atoms with Crippen LogP contribution < -0.4 is 5.32 Å². The molecule has 2 aliphatic rings. The molecular formula is C13H26N2O2S. The maximum Gasteiger partial charge on any atom is 0.214 e. The molecule has 4 nitrogen and oxygen atoms in total. The van der Waals surface area contributed by atoms with Gasteiger partial charge < -0.3 is 5.32 Å². The molecule has 0 atom stereocenters. The molecule has 1 N–H and O–H groups in total. The molecule has 0 saturated heterocycles. The molecule has 2 rings (SSSR count). The minimum atomic E-state index is -3.01. The van der Waals surface area contributed by atoms with Crippen LogP contribution in [0, 0.1) is 5.92 Å².